The van der Waals surface area contributed by atoms with Crippen LogP contribution in [0.3, 0.4) is 0 Å². The van der Waals surface area contributed by atoms with Gasteiger partial charge in [0.2, 0.25) is 0 Å². The van der Waals surface area contributed by atoms with Crippen molar-refractivity contribution in [2.24, 2.45) is 0 Å². The van der Waals surface area contributed by atoms with E-state index in [1.54, 1.807) is 0 Å². The molecular weight excluding hydrogens is 244 g/mol. The molecule has 1 saturated heterocycles. The molecule has 1 N–H and O–H groups in total. The molecule has 0 aromatic heterocycles. The van der Waals surface area contributed by atoms with Crippen LogP contribution in [0.15, 0.2) is 0 Å². The van der Waals surface area contributed by atoms with Crippen molar-refractivity contribution in [1.29, 1.82) is 0 Å². The lowest BCUT2D eigenvalue weighted by Crippen LogP contribution is -2.39. The SMILES string of the molecule is CC(C)(C)OC(=O)C1CN(C2CCCCC2)C(=O)N1. The van der Waals surface area contributed by atoms with E-state index in [9.17, 15) is 9.59 Å². The zero-order valence-electron chi connectivity index (χ0n) is 12.1. The number of carbonyl (C=O) groups excluding carboxylic acids is 2. The van der Waals surface area contributed by atoms with Crippen molar-refractivity contribution in [3.05, 3.63) is 0 Å². The number of esters is 1. The van der Waals surface area contributed by atoms with Gasteiger partial charge in [-0.3, -0.25) is 0 Å². The fraction of sp³-hybridized carbons (Fsp3) is 0.857. The van der Waals surface area contributed by atoms with Gasteiger partial charge < -0.3 is 15.0 Å². The fourth-order valence-corrected chi connectivity index (χ4v) is 2.77. The predicted octanol–water partition coefficient (Wildman–Crippen LogP) is 2.05. The molecule has 108 valence electrons. The van der Waals surface area contributed by atoms with Gasteiger partial charge in [0.05, 0.1) is 6.54 Å². The van der Waals surface area contributed by atoms with E-state index >= 15 is 0 Å². The predicted molar refractivity (Wildman–Crippen MR) is 71.7 cm³/mol. The number of amides is 2. The molecule has 1 atom stereocenters. The summed E-state index contributed by atoms with van der Waals surface area (Å²) in [6.45, 7) is 5.94. The topological polar surface area (TPSA) is 58.6 Å². The third-order valence-electron chi connectivity index (χ3n) is 3.64. The van der Waals surface area contributed by atoms with Crippen LogP contribution < -0.4 is 5.32 Å². The average Bonchev–Trinajstić information content (AvgIpc) is 2.70. The van der Waals surface area contributed by atoms with Gasteiger partial charge in [-0.25, -0.2) is 9.59 Å². The van der Waals surface area contributed by atoms with Gasteiger partial charge in [-0.1, -0.05) is 19.3 Å². The van der Waals surface area contributed by atoms with Crippen molar-refractivity contribution in [1.82, 2.24) is 10.2 Å². The molecule has 1 heterocycles. The number of nitrogens with zero attached hydrogens (tertiary/aromatic N) is 1. The summed E-state index contributed by atoms with van der Waals surface area (Å²) in [5.41, 5.74) is -0.514. The summed E-state index contributed by atoms with van der Waals surface area (Å²) < 4.78 is 5.33. The van der Waals surface area contributed by atoms with Crippen molar-refractivity contribution in [3.8, 4) is 0 Å². The largest absolute Gasteiger partial charge is 0.458 e. The molecule has 5 heteroatoms. The summed E-state index contributed by atoms with van der Waals surface area (Å²) in [7, 11) is 0. The Bertz CT molecular complexity index is 356. The maximum Gasteiger partial charge on any atom is 0.331 e. The van der Waals surface area contributed by atoms with Gasteiger partial charge in [-0.2, -0.15) is 0 Å². The van der Waals surface area contributed by atoms with E-state index in [2.05, 4.69) is 5.32 Å². The maximum atomic E-state index is 12.0. The minimum absolute atomic E-state index is 0.122. The third kappa shape index (κ3) is 3.61. The molecule has 2 fully saturated rings. The van der Waals surface area contributed by atoms with E-state index in [4.69, 9.17) is 4.74 Å². The fourth-order valence-electron chi connectivity index (χ4n) is 2.77. The molecule has 2 aliphatic rings. The molecule has 0 spiro atoms. The number of ether oxygens (including phenoxy) is 1. The minimum atomic E-state index is -0.520. The van der Waals surface area contributed by atoms with Crippen LogP contribution in [-0.4, -0.2) is 41.1 Å². The molecule has 1 unspecified atom stereocenters. The van der Waals surface area contributed by atoms with E-state index in [1.165, 1.54) is 19.3 Å². The Labute approximate surface area is 114 Å². The normalized spacial score (nSPS) is 25.3. The third-order valence-corrected chi connectivity index (χ3v) is 3.64. The first-order valence-electron chi connectivity index (χ1n) is 7.17. The molecule has 0 aromatic rings. The van der Waals surface area contributed by atoms with Crippen LogP contribution >= 0.6 is 0 Å². The van der Waals surface area contributed by atoms with Gasteiger partial charge in [0.1, 0.15) is 11.6 Å². The Morgan fingerprint density at radius 2 is 1.89 bits per heavy atom. The second kappa shape index (κ2) is 5.39. The number of rotatable bonds is 2. The van der Waals surface area contributed by atoms with Crippen molar-refractivity contribution in [2.75, 3.05) is 6.54 Å². The lowest BCUT2D eigenvalue weighted by atomic mass is 9.94. The molecule has 0 bridgehead atoms. The lowest BCUT2D eigenvalue weighted by Gasteiger charge is -2.30. The highest BCUT2D eigenvalue weighted by Gasteiger charge is 2.39. The summed E-state index contributed by atoms with van der Waals surface area (Å²) in [5, 5.41) is 2.74. The molecule has 0 radical (unpaired) electrons. The number of hydrogen-bond acceptors (Lipinski definition) is 3. The highest BCUT2D eigenvalue weighted by molar-refractivity contribution is 5.87. The van der Waals surface area contributed by atoms with Gasteiger partial charge in [0.25, 0.3) is 0 Å². The van der Waals surface area contributed by atoms with Gasteiger partial charge in [0.15, 0.2) is 0 Å². The van der Waals surface area contributed by atoms with Crippen LogP contribution in [0.25, 0.3) is 0 Å². The zero-order chi connectivity index (χ0) is 14.0. The second-order valence-electron chi connectivity index (χ2n) is 6.48. The maximum absolute atomic E-state index is 12.0. The number of carbonyl (C=O) groups is 2. The number of hydrogen-bond donors (Lipinski definition) is 1. The summed E-state index contributed by atoms with van der Waals surface area (Å²) in [6.07, 6.45) is 5.70. The zero-order valence-corrected chi connectivity index (χ0v) is 12.1. The molecule has 19 heavy (non-hydrogen) atoms. The van der Waals surface area contributed by atoms with Crippen LogP contribution in [0.5, 0.6) is 0 Å². The smallest absolute Gasteiger partial charge is 0.331 e. The molecule has 2 amide bonds. The van der Waals surface area contributed by atoms with Crippen molar-refractivity contribution in [2.45, 2.75) is 70.6 Å². The van der Waals surface area contributed by atoms with E-state index in [0.29, 0.717) is 12.6 Å². The van der Waals surface area contributed by atoms with E-state index in [-0.39, 0.29) is 12.0 Å². The Kier molecular flexibility index (Phi) is 4.02. The van der Waals surface area contributed by atoms with Gasteiger partial charge in [0, 0.05) is 6.04 Å². The monoisotopic (exact) mass is 268 g/mol. The molecule has 1 aliphatic heterocycles. The second-order valence-corrected chi connectivity index (χ2v) is 6.48. The highest BCUT2D eigenvalue weighted by Crippen LogP contribution is 2.25. The van der Waals surface area contributed by atoms with Crippen LogP contribution in [0.4, 0.5) is 4.79 Å². The molecule has 2 rings (SSSR count). The van der Waals surface area contributed by atoms with E-state index in [0.717, 1.165) is 12.8 Å². The molecule has 0 aromatic carbocycles. The first-order chi connectivity index (χ1) is 8.87. The average molecular weight is 268 g/mol. The summed E-state index contributed by atoms with van der Waals surface area (Å²) in [5.74, 6) is -0.334. The Morgan fingerprint density at radius 3 is 2.47 bits per heavy atom. The molecule has 1 aliphatic carbocycles. The van der Waals surface area contributed by atoms with Crippen LogP contribution in [0, 0.1) is 0 Å². The number of nitrogens with one attached hydrogen (secondary N) is 1. The Balaban J connectivity index is 1.93. The molecular formula is C14H24N2O3. The molecule has 5 nitrogen and oxygen atoms in total. The Hall–Kier alpha value is -1.26. The van der Waals surface area contributed by atoms with E-state index < -0.39 is 11.6 Å². The number of urea groups is 1. The van der Waals surface area contributed by atoms with Gasteiger partial charge >= 0.3 is 12.0 Å². The van der Waals surface area contributed by atoms with Crippen molar-refractivity contribution < 1.29 is 14.3 Å². The minimum Gasteiger partial charge on any atom is -0.458 e. The summed E-state index contributed by atoms with van der Waals surface area (Å²) >= 11 is 0. The van der Waals surface area contributed by atoms with Crippen molar-refractivity contribution >= 4 is 12.0 Å². The first kappa shape index (κ1) is 14.2. The van der Waals surface area contributed by atoms with Crippen LogP contribution in [0.2, 0.25) is 0 Å². The van der Waals surface area contributed by atoms with E-state index in [1.807, 2.05) is 25.7 Å². The van der Waals surface area contributed by atoms with Crippen LogP contribution in [0.1, 0.15) is 52.9 Å². The van der Waals surface area contributed by atoms with Crippen LogP contribution in [-0.2, 0) is 9.53 Å². The van der Waals surface area contributed by atoms with Crippen molar-refractivity contribution in [3.63, 3.8) is 0 Å². The summed E-state index contributed by atoms with van der Waals surface area (Å²) in [4.78, 5) is 25.7. The Morgan fingerprint density at radius 1 is 1.26 bits per heavy atom. The standard InChI is InChI=1S/C14H24N2O3/c1-14(2,3)19-12(17)11-9-16(13(18)15-11)10-7-5-4-6-8-10/h10-11H,4-9H2,1-3H3,(H,15,18). The quantitative estimate of drug-likeness (QED) is 0.780. The van der Waals surface area contributed by atoms with Gasteiger partial charge in [-0.05, 0) is 33.6 Å². The van der Waals surface area contributed by atoms with Gasteiger partial charge in [-0.15, -0.1) is 0 Å². The summed E-state index contributed by atoms with van der Waals surface area (Å²) in [6, 6.07) is -0.349. The highest BCUT2D eigenvalue weighted by atomic mass is 16.6. The first-order valence-corrected chi connectivity index (χ1v) is 7.17. The molecule has 1 saturated carbocycles. The lowest BCUT2D eigenvalue weighted by molar-refractivity contribution is -0.156.